The standard InChI is InChI=1S/C12H13ClIN3/c1-8(2)16-12-15-5-6-17(12)11-4-3-9(14)7-10(11)13/h3-8H,1-2H3,(H,15,16). The highest BCUT2D eigenvalue weighted by Gasteiger charge is 2.09. The molecule has 0 aliphatic carbocycles. The summed E-state index contributed by atoms with van der Waals surface area (Å²) in [7, 11) is 0. The number of nitrogens with one attached hydrogen (secondary N) is 1. The normalized spacial score (nSPS) is 10.9. The molecule has 0 aliphatic heterocycles. The maximum absolute atomic E-state index is 6.25. The van der Waals surface area contributed by atoms with E-state index in [0.717, 1.165) is 20.2 Å². The lowest BCUT2D eigenvalue weighted by atomic mass is 10.3. The van der Waals surface area contributed by atoms with Gasteiger partial charge in [0.1, 0.15) is 0 Å². The van der Waals surface area contributed by atoms with Crippen molar-refractivity contribution in [3.8, 4) is 5.69 Å². The number of rotatable bonds is 3. The van der Waals surface area contributed by atoms with Crippen molar-refractivity contribution in [1.82, 2.24) is 9.55 Å². The van der Waals surface area contributed by atoms with Crippen LogP contribution in [0.5, 0.6) is 0 Å². The number of hydrogen-bond acceptors (Lipinski definition) is 2. The Hall–Kier alpha value is -0.750. The highest BCUT2D eigenvalue weighted by atomic mass is 127. The van der Waals surface area contributed by atoms with E-state index in [9.17, 15) is 0 Å². The molecule has 1 aromatic carbocycles. The van der Waals surface area contributed by atoms with Crippen LogP contribution < -0.4 is 5.32 Å². The SMILES string of the molecule is CC(C)Nc1nccn1-c1ccc(I)cc1Cl. The molecule has 0 bridgehead atoms. The van der Waals surface area contributed by atoms with E-state index >= 15 is 0 Å². The molecule has 2 rings (SSSR count). The Balaban J connectivity index is 2.42. The predicted octanol–water partition coefficient (Wildman–Crippen LogP) is 3.95. The van der Waals surface area contributed by atoms with Gasteiger partial charge in [0.05, 0.1) is 10.7 Å². The van der Waals surface area contributed by atoms with Crippen molar-refractivity contribution in [3.63, 3.8) is 0 Å². The summed E-state index contributed by atoms with van der Waals surface area (Å²) in [5.74, 6) is 0.808. The number of nitrogens with zero attached hydrogens (tertiary/aromatic N) is 2. The van der Waals surface area contributed by atoms with Crippen LogP contribution >= 0.6 is 34.2 Å². The minimum absolute atomic E-state index is 0.332. The van der Waals surface area contributed by atoms with Crippen LogP contribution in [0.15, 0.2) is 30.6 Å². The number of halogens is 2. The zero-order valence-electron chi connectivity index (χ0n) is 9.61. The van der Waals surface area contributed by atoms with Gasteiger partial charge in [-0.2, -0.15) is 0 Å². The van der Waals surface area contributed by atoms with Gasteiger partial charge in [-0.1, -0.05) is 11.6 Å². The van der Waals surface area contributed by atoms with Crippen LogP contribution in [0.4, 0.5) is 5.95 Å². The van der Waals surface area contributed by atoms with Gasteiger partial charge in [0.2, 0.25) is 5.95 Å². The third-order valence-electron chi connectivity index (χ3n) is 2.23. The van der Waals surface area contributed by atoms with E-state index in [0.29, 0.717) is 6.04 Å². The molecule has 3 nitrogen and oxygen atoms in total. The maximum atomic E-state index is 6.25. The first-order valence-electron chi connectivity index (χ1n) is 5.33. The van der Waals surface area contributed by atoms with Crippen molar-refractivity contribution in [2.75, 3.05) is 5.32 Å². The molecule has 90 valence electrons. The molecular weight excluding hydrogens is 349 g/mol. The second-order valence-electron chi connectivity index (χ2n) is 4.02. The van der Waals surface area contributed by atoms with E-state index in [1.165, 1.54) is 0 Å². The maximum Gasteiger partial charge on any atom is 0.207 e. The monoisotopic (exact) mass is 361 g/mol. The third-order valence-corrected chi connectivity index (χ3v) is 3.20. The number of aromatic nitrogens is 2. The molecule has 0 atom stereocenters. The molecule has 0 fully saturated rings. The van der Waals surface area contributed by atoms with Gasteiger partial charge in [-0.25, -0.2) is 4.98 Å². The first-order valence-corrected chi connectivity index (χ1v) is 6.79. The van der Waals surface area contributed by atoms with Crippen LogP contribution in [0.25, 0.3) is 5.69 Å². The van der Waals surface area contributed by atoms with Crippen LogP contribution in [0.2, 0.25) is 5.02 Å². The molecular formula is C12H13ClIN3. The summed E-state index contributed by atoms with van der Waals surface area (Å²) in [6.45, 7) is 4.16. The Morgan fingerprint density at radius 3 is 2.82 bits per heavy atom. The van der Waals surface area contributed by atoms with Gasteiger partial charge in [-0.3, -0.25) is 4.57 Å². The molecule has 1 N–H and O–H groups in total. The molecule has 2 aromatic rings. The summed E-state index contributed by atoms with van der Waals surface area (Å²) in [6, 6.07) is 6.30. The average molecular weight is 362 g/mol. The highest BCUT2D eigenvalue weighted by molar-refractivity contribution is 14.1. The summed E-state index contributed by atoms with van der Waals surface area (Å²) in [5, 5.41) is 4.01. The fraction of sp³-hybridized carbons (Fsp3) is 0.250. The Labute approximate surface area is 119 Å². The molecule has 0 saturated carbocycles. The zero-order valence-corrected chi connectivity index (χ0v) is 12.5. The van der Waals surface area contributed by atoms with Crippen LogP contribution in [-0.4, -0.2) is 15.6 Å². The fourth-order valence-corrected chi connectivity index (χ4v) is 2.49. The topological polar surface area (TPSA) is 29.9 Å². The molecule has 0 amide bonds. The minimum Gasteiger partial charge on any atom is -0.353 e. The van der Waals surface area contributed by atoms with Crippen molar-refractivity contribution < 1.29 is 0 Å². The lowest BCUT2D eigenvalue weighted by Gasteiger charge is -2.13. The molecule has 0 saturated heterocycles. The summed E-state index contributed by atoms with van der Waals surface area (Å²) in [5.41, 5.74) is 0.938. The number of anilines is 1. The molecule has 0 unspecified atom stereocenters. The van der Waals surface area contributed by atoms with Crippen LogP contribution in [0.1, 0.15) is 13.8 Å². The van der Waals surface area contributed by atoms with E-state index < -0.39 is 0 Å². The van der Waals surface area contributed by atoms with Crippen molar-refractivity contribution in [2.24, 2.45) is 0 Å². The molecule has 1 heterocycles. The summed E-state index contributed by atoms with van der Waals surface area (Å²) in [6.07, 6.45) is 3.66. The Morgan fingerprint density at radius 2 is 2.18 bits per heavy atom. The Bertz CT molecular complexity index is 522. The lowest BCUT2D eigenvalue weighted by molar-refractivity contribution is 0.864. The van der Waals surface area contributed by atoms with Crippen LogP contribution in [0, 0.1) is 3.57 Å². The second-order valence-corrected chi connectivity index (χ2v) is 5.67. The van der Waals surface area contributed by atoms with E-state index in [1.54, 1.807) is 6.20 Å². The van der Waals surface area contributed by atoms with E-state index in [-0.39, 0.29) is 0 Å². The molecule has 0 aliphatic rings. The van der Waals surface area contributed by atoms with E-state index in [4.69, 9.17) is 11.6 Å². The van der Waals surface area contributed by atoms with Crippen LogP contribution in [-0.2, 0) is 0 Å². The first-order chi connectivity index (χ1) is 8.08. The molecule has 17 heavy (non-hydrogen) atoms. The fourth-order valence-electron chi connectivity index (χ4n) is 1.54. The quantitative estimate of drug-likeness (QED) is 0.839. The molecule has 0 spiro atoms. The molecule has 5 heteroatoms. The van der Waals surface area contributed by atoms with Crippen molar-refractivity contribution in [3.05, 3.63) is 39.2 Å². The smallest absolute Gasteiger partial charge is 0.207 e. The van der Waals surface area contributed by atoms with E-state index in [1.807, 2.05) is 29.0 Å². The largest absolute Gasteiger partial charge is 0.353 e. The van der Waals surface area contributed by atoms with Gasteiger partial charge in [-0.05, 0) is 54.6 Å². The second kappa shape index (κ2) is 5.27. The van der Waals surface area contributed by atoms with Crippen molar-refractivity contribution >= 4 is 40.1 Å². The zero-order chi connectivity index (χ0) is 12.4. The lowest BCUT2D eigenvalue weighted by Crippen LogP contribution is -2.14. The van der Waals surface area contributed by atoms with Crippen molar-refractivity contribution in [2.45, 2.75) is 19.9 Å². The van der Waals surface area contributed by atoms with Gasteiger partial charge in [-0.15, -0.1) is 0 Å². The third kappa shape index (κ3) is 2.93. The van der Waals surface area contributed by atoms with E-state index in [2.05, 4.69) is 46.7 Å². The van der Waals surface area contributed by atoms with Gasteiger partial charge >= 0.3 is 0 Å². The predicted molar refractivity (Wildman–Crippen MR) is 80.0 cm³/mol. The molecule has 1 aromatic heterocycles. The van der Waals surface area contributed by atoms with Crippen LogP contribution in [0.3, 0.4) is 0 Å². The Kier molecular flexibility index (Phi) is 3.93. The van der Waals surface area contributed by atoms with Gasteiger partial charge < -0.3 is 5.32 Å². The van der Waals surface area contributed by atoms with Crippen molar-refractivity contribution in [1.29, 1.82) is 0 Å². The van der Waals surface area contributed by atoms with Gasteiger partial charge in [0.25, 0.3) is 0 Å². The summed E-state index contributed by atoms with van der Waals surface area (Å²) in [4.78, 5) is 4.29. The molecule has 0 radical (unpaired) electrons. The van der Waals surface area contributed by atoms with Gasteiger partial charge in [0.15, 0.2) is 0 Å². The average Bonchev–Trinajstić information content (AvgIpc) is 2.65. The number of benzene rings is 1. The summed E-state index contributed by atoms with van der Waals surface area (Å²) < 4.78 is 3.08. The first kappa shape index (κ1) is 12.7. The Morgan fingerprint density at radius 1 is 1.41 bits per heavy atom. The summed E-state index contributed by atoms with van der Waals surface area (Å²) >= 11 is 8.49. The highest BCUT2D eigenvalue weighted by Crippen LogP contribution is 2.25. The number of imidazole rings is 1. The number of hydrogen-bond donors (Lipinski definition) is 1. The minimum atomic E-state index is 0.332. The van der Waals surface area contributed by atoms with Gasteiger partial charge in [0, 0.05) is 22.0 Å².